The molecule has 0 heterocycles. The van der Waals surface area contributed by atoms with Crippen molar-refractivity contribution < 1.29 is 29.3 Å². The van der Waals surface area contributed by atoms with Crippen molar-refractivity contribution in [2.45, 2.75) is 30.2 Å². The number of carbonyl (C=O) groups is 2. The lowest BCUT2D eigenvalue weighted by Crippen LogP contribution is -2.44. The largest absolute Gasteiger partial charge is 0.419 e. The lowest BCUT2D eigenvalue weighted by Gasteiger charge is -2.27. The van der Waals surface area contributed by atoms with E-state index in [2.05, 4.69) is 15.9 Å². The zero-order valence-electron chi connectivity index (χ0n) is 14.0. The van der Waals surface area contributed by atoms with Crippen LogP contribution >= 0.6 is 15.9 Å². The van der Waals surface area contributed by atoms with Gasteiger partial charge >= 0.3 is 11.9 Å². The number of aliphatic hydroxyl groups excluding tert-OH is 2. The predicted octanol–water partition coefficient (Wildman–Crippen LogP) is 2.53. The molecular formula is C19H19BrO6. The van der Waals surface area contributed by atoms with Crippen LogP contribution in [0.3, 0.4) is 0 Å². The van der Waals surface area contributed by atoms with Crippen molar-refractivity contribution in [3.05, 3.63) is 71.8 Å². The third-order valence-corrected chi connectivity index (χ3v) is 4.84. The van der Waals surface area contributed by atoms with E-state index in [1.54, 1.807) is 36.4 Å². The third-order valence-electron chi connectivity index (χ3n) is 3.53. The number of rotatable bonds is 7. The summed E-state index contributed by atoms with van der Waals surface area (Å²) in [6, 6.07) is 16.2. The fourth-order valence-electron chi connectivity index (χ4n) is 2.09. The summed E-state index contributed by atoms with van der Waals surface area (Å²) in [5, 5.41) is 20.0. The molecule has 138 valence electrons. The normalized spacial score (nSPS) is 14.3. The molecule has 0 aliphatic carbocycles. The highest BCUT2D eigenvalue weighted by atomic mass is 79.9. The van der Waals surface area contributed by atoms with Crippen molar-refractivity contribution in [3.8, 4) is 0 Å². The first-order valence-corrected chi connectivity index (χ1v) is 8.84. The summed E-state index contributed by atoms with van der Waals surface area (Å²) >= 11 is 3.12. The van der Waals surface area contributed by atoms with Gasteiger partial charge in [0.2, 0.25) is 0 Å². The monoisotopic (exact) mass is 422 g/mol. The lowest BCUT2D eigenvalue weighted by atomic mass is 10.1. The number of hydrogen-bond donors (Lipinski definition) is 2. The highest BCUT2D eigenvalue weighted by molar-refractivity contribution is 9.09. The van der Waals surface area contributed by atoms with Gasteiger partial charge < -0.3 is 19.7 Å². The predicted molar refractivity (Wildman–Crippen MR) is 97.9 cm³/mol. The van der Waals surface area contributed by atoms with Crippen molar-refractivity contribution in [1.29, 1.82) is 0 Å². The fraction of sp³-hybridized carbons (Fsp3) is 0.263. The van der Waals surface area contributed by atoms with Crippen LogP contribution in [0.1, 0.15) is 27.6 Å². The molecule has 0 aliphatic heterocycles. The molecule has 26 heavy (non-hydrogen) atoms. The Hall–Kier alpha value is -2.22. The van der Waals surface area contributed by atoms with Crippen LogP contribution in [0, 0.1) is 0 Å². The first-order valence-electron chi connectivity index (χ1n) is 7.92. The minimum atomic E-state index is -1.60. The molecule has 0 saturated carbocycles. The standard InChI is InChI=1S/C19H19BrO6/c1-12(21)15(20)16(22)19(25-17(23)13-8-4-2-5-9-13)26-18(24)14-10-6-3-7-11-14/h2-12,15-16,19,21-22H,1H3. The number of carbonyl (C=O) groups excluding carboxylic acids is 2. The van der Waals surface area contributed by atoms with E-state index in [1.165, 1.54) is 31.2 Å². The fourth-order valence-corrected chi connectivity index (χ4v) is 2.34. The Morgan fingerprint density at radius 2 is 1.23 bits per heavy atom. The van der Waals surface area contributed by atoms with Gasteiger partial charge in [-0.3, -0.25) is 0 Å². The Balaban J connectivity index is 2.18. The van der Waals surface area contributed by atoms with E-state index < -0.39 is 35.3 Å². The SMILES string of the molecule is CC(O)C(Br)C(O)C(OC(=O)c1ccccc1)OC(=O)c1ccccc1. The average molecular weight is 423 g/mol. The van der Waals surface area contributed by atoms with Crippen LogP contribution in [0.15, 0.2) is 60.7 Å². The van der Waals surface area contributed by atoms with Gasteiger partial charge in [0.05, 0.1) is 22.1 Å². The second kappa shape index (κ2) is 9.47. The Morgan fingerprint density at radius 3 is 1.58 bits per heavy atom. The first kappa shape index (κ1) is 20.1. The maximum atomic E-state index is 12.3. The molecule has 0 spiro atoms. The second-order valence-electron chi connectivity index (χ2n) is 5.59. The quantitative estimate of drug-likeness (QED) is 0.404. The van der Waals surface area contributed by atoms with Crippen molar-refractivity contribution in [3.63, 3.8) is 0 Å². The number of alkyl halides is 1. The van der Waals surface area contributed by atoms with Crippen LogP contribution in [-0.2, 0) is 9.47 Å². The van der Waals surface area contributed by atoms with Crippen LogP contribution in [0.2, 0.25) is 0 Å². The van der Waals surface area contributed by atoms with Crippen molar-refractivity contribution in [2.24, 2.45) is 0 Å². The van der Waals surface area contributed by atoms with Gasteiger partial charge in [0.25, 0.3) is 6.29 Å². The third kappa shape index (κ3) is 5.39. The van der Waals surface area contributed by atoms with Crippen molar-refractivity contribution in [2.75, 3.05) is 0 Å². The first-order chi connectivity index (χ1) is 12.4. The topological polar surface area (TPSA) is 93.1 Å². The second-order valence-corrected chi connectivity index (χ2v) is 6.64. The van der Waals surface area contributed by atoms with Gasteiger partial charge in [-0.05, 0) is 31.2 Å². The van der Waals surface area contributed by atoms with Crippen LogP contribution in [0.25, 0.3) is 0 Å². The summed E-state index contributed by atoms with van der Waals surface area (Å²) in [5.74, 6) is -1.53. The highest BCUT2D eigenvalue weighted by Crippen LogP contribution is 2.19. The van der Waals surface area contributed by atoms with E-state index in [0.29, 0.717) is 0 Å². The zero-order chi connectivity index (χ0) is 19.1. The summed E-state index contributed by atoms with van der Waals surface area (Å²) in [5.41, 5.74) is 0.479. The van der Waals surface area contributed by atoms with Crippen LogP contribution in [0.5, 0.6) is 0 Å². The number of benzene rings is 2. The molecule has 3 atom stereocenters. The summed E-state index contributed by atoms with van der Waals surface area (Å²) in [4.78, 5) is 23.7. The zero-order valence-corrected chi connectivity index (χ0v) is 15.6. The van der Waals surface area contributed by atoms with E-state index in [4.69, 9.17) is 9.47 Å². The molecule has 0 bridgehead atoms. The van der Waals surface area contributed by atoms with Crippen LogP contribution < -0.4 is 0 Å². The number of ether oxygens (including phenoxy) is 2. The smallest absolute Gasteiger partial charge is 0.341 e. The minimum Gasteiger partial charge on any atom is -0.419 e. The molecule has 0 fully saturated rings. The molecule has 2 rings (SSSR count). The summed E-state index contributed by atoms with van der Waals surface area (Å²) in [7, 11) is 0. The van der Waals surface area contributed by atoms with Gasteiger partial charge in [-0.15, -0.1) is 0 Å². The van der Waals surface area contributed by atoms with Crippen molar-refractivity contribution >= 4 is 27.9 Å². The van der Waals surface area contributed by atoms with Crippen molar-refractivity contribution in [1.82, 2.24) is 0 Å². The Bertz CT molecular complexity index is 666. The molecule has 0 radical (unpaired) electrons. The Kier molecular flexibility index (Phi) is 7.32. The van der Waals surface area contributed by atoms with E-state index >= 15 is 0 Å². The Labute approximate surface area is 159 Å². The molecule has 0 aliphatic rings. The van der Waals surface area contributed by atoms with E-state index in [1.807, 2.05) is 0 Å². The number of aliphatic hydroxyl groups is 2. The molecule has 7 heteroatoms. The molecule has 0 aromatic heterocycles. The number of halogens is 1. The molecule has 0 amide bonds. The summed E-state index contributed by atoms with van der Waals surface area (Å²) in [6.45, 7) is 1.44. The van der Waals surface area contributed by atoms with Gasteiger partial charge in [-0.25, -0.2) is 9.59 Å². The summed E-state index contributed by atoms with van der Waals surface area (Å²) in [6.07, 6.45) is -4.05. The highest BCUT2D eigenvalue weighted by Gasteiger charge is 2.35. The van der Waals surface area contributed by atoms with Gasteiger partial charge in [0.15, 0.2) is 0 Å². The molecule has 2 N–H and O–H groups in total. The maximum Gasteiger partial charge on any atom is 0.341 e. The molecular weight excluding hydrogens is 404 g/mol. The molecule has 0 saturated heterocycles. The molecule has 3 unspecified atom stereocenters. The minimum absolute atomic E-state index is 0.239. The molecule has 2 aromatic carbocycles. The van der Waals surface area contributed by atoms with Gasteiger partial charge in [0.1, 0.15) is 6.10 Å². The van der Waals surface area contributed by atoms with Gasteiger partial charge in [-0.1, -0.05) is 52.3 Å². The van der Waals surface area contributed by atoms with E-state index in [9.17, 15) is 19.8 Å². The van der Waals surface area contributed by atoms with E-state index in [0.717, 1.165) is 0 Å². The Morgan fingerprint density at radius 1 is 0.846 bits per heavy atom. The van der Waals surface area contributed by atoms with Crippen LogP contribution in [0.4, 0.5) is 0 Å². The molecule has 6 nitrogen and oxygen atoms in total. The molecule has 2 aromatic rings. The lowest BCUT2D eigenvalue weighted by molar-refractivity contribution is -0.140. The number of esters is 2. The van der Waals surface area contributed by atoms with E-state index in [-0.39, 0.29) is 11.1 Å². The van der Waals surface area contributed by atoms with Gasteiger partial charge in [0, 0.05) is 0 Å². The van der Waals surface area contributed by atoms with Gasteiger partial charge in [-0.2, -0.15) is 0 Å². The summed E-state index contributed by atoms with van der Waals surface area (Å²) < 4.78 is 10.4. The number of hydrogen-bond acceptors (Lipinski definition) is 6. The average Bonchev–Trinajstić information content (AvgIpc) is 2.67. The van der Waals surface area contributed by atoms with Crippen LogP contribution in [-0.4, -0.2) is 45.5 Å². The maximum absolute atomic E-state index is 12.3.